The summed E-state index contributed by atoms with van der Waals surface area (Å²) in [5.74, 6) is -1.72. The quantitative estimate of drug-likeness (QED) is 0.265. The van der Waals surface area contributed by atoms with Crippen LogP contribution in [0.3, 0.4) is 0 Å². The van der Waals surface area contributed by atoms with Gasteiger partial charge in [-0.25, -0.2) is 0 Å². The summed E-state index contributed by atoms with van der Waals surface area (Å²) in [6, 6.07) is 11.7. The highest BCUT2D eigenvalue weighted by atomic mass is 35.5. The maximum absolute atomic E-state index is 12.2. The summed E-state index contributed by atoms with van der Waals surface area (Å²) in [7, 11) is 2.40. The minimum atomic E-state index is -1.25. The summed E-state index contributed by atoms with van der Waals surface area (Å²) in [6.45, 7) is 1.99. The standard InChI is InChI=1S/C20H23ClN2O5S/c1-26-19(24)17(20(25)27-2)29-18(23-8-10-28-11-9-23)16(13-22)15(12-21)14-6-4-3-5-7-14/h3-7,15,17H,8-12H2,1-2H3/b18-16-. The fourth-order valence-electron chi connectivity index (χ4n) is 2.89. The Bertz CT molecular complexity index is 759. The number of rotatable bonds is 8. The maximum Gasteiger partial charge on any atom is 0.330 e. The summed E-state index contributed by atoms with van der Waals surface area (Å²) < 4.78 is 15.0. The minimum absolute atomic E-state index is 0.169. The molecule has 1 aromatic rings. The summed E-state index contributed by atoms with van der Waals surface area (Å²) in [6.07, 6.45) is 0. The van der Waals surface area contributed by atoms with Crippen molar-refractivity contribution in [2.45, 2.75) is 11.2 Å². The third kappa shape index (κ3) is 5.89. The van der Waals surface area contributed by atoms with E-state index in [2.05, 4.69) is 6.07 Å². The molecule has 29 heavy (non-hydrogen) atoms. The second-order valence-corrected chi connectivity index (χ2v) is 7.49. The first-order valence-corrected chi connectivity index (χ1v) is 10.4. The summed E-state index contributed by atoms with van der Waals surface area (Å²) in [5, 5.41) is 9.28. The van der Waals surface area contributed by atoms with Gasteiger partial charge in [0.1, 0.15) is 0 Å². The fourth-order valence-corrected chi connectivity index (χ4v) is 4.47. The number of allylic oxidation sites excluding steroid dienone is 1. The van der Waals surface area contributed by atoms with Gasteiger partial charge >= 0.3 is 11.9 Å². The molecule has 1 fully saturated rings. The number of hydrogen-bond donors (Lipinski definition) is 0. The highest BCUT2D eigenvalue weighted by Crippen LogP contribution is 2.37. The number of alkyl halides is 1. The van der Waals surface area contributed by atoms with Crippen LogP contribution < -0.4 is 0 Å². The first-order valence-electron chi connectivity index (χ1n) is 8.97. The molecule has 1 aromatic carbocycles. The van der Waals surface area contributed by atoms with Crippen molar-refractivity contribution in [3.63, 3.8) is 0 Å². The van der Waals surface area contributed by atoms with E-state index in [4.69, 9.17) is 25.8 Å². The van der Waals surface area contributed by atoms with Crippen LogP contribution in [0.15, 0.2) is 40.9 Å². The van der Waals surface area contributed by atoms with Crippen molar-refractivity contribution in [1.82, 2.24) is 4.90 Å². The minimum Gasteiger partial charge on any atom is -0.468 e. The zero-order chi connectivity index (χ0) is 21.2. The van der Waals surface area contributed by atoms with Gasteiger partial charge in [0, 0.05) is 24.9 Å². The molecule has 1 aliphatic heterocycles. The average Bonchev–Trinajstić information content (AvgIpc) is 2.79. The highest BCUT2D eigenvalue weighted by Gasteiger charge is 2.35. The SMILES string of the molecule is COC(=O)C(S/C(=C(/C#N)C(CCl)c1ccccc1)N1CCOCC1)C(=O)OC. The molecule has 156 valence electrons. The Labute approximate surface area is 179 Å². The molecule has 0 bridgehead atoms. The maximum atomic E-state index is 12.2. The largest absolute Gasteiger partial charge is 0.468 e. The normalized spacial score (nSPS) is 15.9. The summed E-state index contributed by atoms with van der Waals surface area (Å²) in [4.78, 5) is 26.4. The Morgan fingerprint density at radius 3 is 2.28 bits per heavy atom. The van der Waals surface area contributed by atoms with Crippen molar-refractivity contribution in [3.8, 4) is 6.07 Å². The van der Waals surface area contributed by atoms with E-state index in [-0.39, 0.29) is 5.88 Å². The second-order valence-electron chi connectivity index (χ2n) is 6.09. The van der Waals surface area contributed by atoms with Crippen molar-refractivity contribution in [1.29, 1.82) is 5.26 Å². The number of benzene rings is 1. The van der Waals surface area contributed by atoms with Crippen molar-refractivity contribution in [2.75, 3.05) is 46.4 Å². The fraction of sp³-hybridized carbons (Fsp3) is 0.450. The van der Waals surface area contributed by atoms with Crippen LogP contribution in [0, 0.1) is 11.3 Å². The van der Waals surface area contributed by atoms with Crippen LogP contribution >= 0.6 is 23.4 Å². The average molecular weight is 439 g/mol. The molecule has 0 aromatic heterocycles. The molecule has 0 N–H and O–H groups in total. The van der Waals surface area contributed by atoms with Crippen LogP contribution in [0.2, 0.25) is 0 Å². The van der Waals surface area contributed by atoms with Gasteiger partial charge in [-0.15, -0.1) is 11.6 Å². The smallest absolute Gasteiger partial charge is 0.330 e. The number of methoxy groups -OCH3 is 2. The van der Waals surface area contributed by atoms with Gasteiger partial charge in [-0.2, -0.15) is 5.26 Å². The first kappa shape index (κ1) is 23.1. The van der Waals surface area contributed by atoms with Crippen molar-refractivity contribution in [3.05, 3.63) is 46.5 Å². The Balaban J connectivity index is 2.55. The van der Waals surface area contributed by atoms with E-state index in [0.29, 0.717) is 36.9 Å². The molecule has 9 heteroatoms. The molecule has 1 saturated heterocycles. The number of carbonyl (C=O) groups is 2. The van der Waals surface area contributed by atoms with Crippen LogP contribution in [-0.4, -0.2) is 68.5 Å². The molecule has 1 heterocycles. The molecular weight excluding hydrogens is 416 g/mol. The van der Waals surface area contributed by atoms with Crippen molar-refractivity contribution in [2.24, 2.45) is 0 Å². The highest BCUT2D eigenvalue weighted by molar-refractivity contribution is 8.05. The number of esters is 2. The van der Waals surface area contributed by atoms with E-state index in [0.717, 1.165) is 17.3 Å². The lowest BCUT2D eigenvalue weighted by molar-refractivity contribution is -0.150. The zero-order valence-electron chi connectivity index (χ0n) is 16.3. The molecule has 0 radical (unpaired) electrons. The number of ether oxygens (including phenoxy) is 3. The van der Waals surface area contributed by atoms with E-state index in [1.807, 2.05) is 35.2 Å². The van der Waals surface area contributed by atoms with Crippen LogP contribution in [0.4, 0.5) is 0 Å². The van der Waals surface area contributed by atoms with Gasteiger partial charge in [-0.3, -0.25) is 9.59 Å². The van der Waals surface area contributed by atoms with Gasteiger partial charge in [0.15, 0.2) is 0 Å². The lowest BCUT2D eigenvalue weighted by atomic mass is 9.94. The molecule has 1 aliphatic rings. The van der Waals surface area contributed by atoms with Crippen molar-refractivity contribution < 1.29 is 23.8 Å². The molecule has 0 saturated carbocycles. The Kier molecular flexibility index (Phi) is 9.32. The van der Waals surface area contributed by atoms with Gasteiger partial charge in [0.05, 0.1) is 44.1 Å². The van der Waals surface area contributed by atoms with Gasteiger partial charge in [0.2, 0.25) is 5.25 Å². The number of carbonyl (C=O) groups excluding carboxylic acids is 2. The predicted molar refractivity (Wildman–Crippen MR) is 110 cm³/mol. The number of hydrogen-bond acceptors (Lipinski definition) is 8. The van der Waals surface area contributed by atoms with Crippen LogP contribution in [0.5, 0.6) is 0 Å². The summed E-state index contributed by atoms with van der Waals surface area (Å²) in [5.41, 5.74) is 1.26. The number of thioether (sulfide) groups is 1. The number of halogens is 1. The van der Waals surface area contributed by atoms with E-state index >= 15 is 0 Å². The van der Waals surface area contributed by atoms with Gasteiger partial charge in [0.25, 0.3) is 0 Å². The number of morpholine rings is 1. The third-order valence-corrected chi connectivity index (χ3v) is 6.04. The summed E-state index contributed by atoms with van der Waals surface area (Å²) >= 11 is 7.21. The van der Waals surface area contributed by atoms with Gasteiger partial charge < -0.3 is 19.1 Å². The molecule has 0 spiro atoms. The molecule has 0 amide bonds. The predicted octanol–water partition coefficient (Wildman–Crippen LogP) is 2.52. The second kappa shape index (κ2) is 11.7. The number of nitriles is 1. The third-order valence-electron chi connectivity index (χ3n) is 4.41. The van der Waals surface area contributed by atoms with E-state index in [1.165, 1.54) is 14.2 Å². The zero-order valence-corrected chi connectivity index (χ0v) is 17.9. The molecule has 1 atom stereocenters. The molecular formula is C20H23ClN2O5S. The van der Waals surface area contributed by atoms with E-state index < -0.39 is 23.1 Å². The van der Waals surface area contributed by atoms with Gasteiger partial charge in [-0.05, 0) is 5.56 Å². The Morgan fingerprint density at radius 2 is 1.79 bits per heavy atom. The lowest BCUT2D eigenvalue weighted by Crippen LogP contribution is -2.38. The monoisotopic (exact) mass is 438 g/mol. The van der Waals surface area contributed by atoms with Crippen LogP contribution in [-0.2, 0) is 23.8 Å². The van der Waals surface area contributed by atoms with Gasteiger partial charge in [-0.1, -0.05) is 42.1 Å². The molecule has 0 aliphatic carbocycles. The molecule has 2 rings (SSSR count). The Hall–Kier alpha value is -2.21. The van der Waals surface area contributed by atoms with E-state index in [9.17, 15) is 14.9 Å². The molecule has 1 unspecified atom stereocenters. The Morgan fingerprint density at radius 1 is 1.21 bits per heavy atom. The first-order chi connectivity index (χ1) is 14.1. The van der Waals surface area contributed by atoms with Crippen LogP contribution in [0.1, 0.15) is 11.5 Å². The lowest BCUT2D eigenvalue weighted by Gasteiger charge is -2.33. The number of nitrogens with zero attached hydrogens (tertiary/aromatic N) is 2. The van der Waals surface area contributed by atoms with Crippen LogP contribution in [0.25, 0.3) is 0 Å². The van der Waals surface area contributed by atoms with E-state index in [1.54, 1.807) is 0 Å². The topological polar surface area (TPSA) is 88.9 Å². The van der Waals surface area contributed by atoms with Crippen molar-refractivity contribution >= 4 is 35.3 Å². The molecule has 7 nitrogen and oxygen atoms in total.